The van der Waals surface area contributed by atoms with Crippen LogP contribution in [0.5, 0.6) is 0 Å². The van der Waals surface area contributed by atoms with Crippen molar-refractivity contribution >= 4 is 19.6 Å². The molecule has 5 unspecified atom stereocenters. The van der Waals surface area contributed by atoms with Gasteiger partial charge in [-0.2, -0.15) is 0 Å². The van der Waals surface area contributed by atoms with E-state index in [1.54, 1.807) is 0 Å². The predicted molar refractivity (Wildman–Crippen MR) is 119 cm³/mol. The first-order valence-electron chi connectivity index (χ1n) is 11.9. The van der Waals surface area contributed by atoms with Crippen LogP contribution in [-0.4, -0.2) is 58.4 Å². The number of ether oxygens (including phenoxy) is 1. The van der Waals surface area contributed by atoms with Gasteiger partial charge in [0.2, 0.25) is 11.9 Å². The molecule has 0 bridgehead atoms. The fourth-order valence-electron chi connectivity index (χ4n) is 3.72. The summed E-state index contributed by atoms with van der Waals surface area (Å²) in [5, 5.41) is 18.5. The van der Waals surface area contributed by atoms with E-state index < -0.39 is 44.5 Å². The number of aliphatic hydroxyl groups is 2. The van der Waals surface area contributed by atoms with Gasteiger partial charge in [0, 0.05) is 0 Å². The maximum atomic E-state index is 12.4. The van der Waals surface area contributed by atoms with E-state index >= 15 is 0 Å². The first-order chi connectivity index (χ1) is 15.3. The Morgan fingerprint density at radius 3 is 2.06 bits per heavy atom. The zero-order chi connectivity index (χ0) is 24.0. The molecule has 0 aromatic heterocycles. The van der Waals surface area contributed by atoms with Gasteiger partial charge in [-0.3, -0.25) is 13.8 Å². The number of cyclic esters (lactones) is 1. The van der Waals surface area contributed by atoms with Gasteiger partial charge in [-0.05, 0) is 18.8 Å². The van der Waals surface area contributed by atoms with Gasteiger partial charge < -0.3 is 19.8 Å². The summed E-state index contributed by atoms with van der Waals surface area (Å²) in [5.41, 5.74) is 0. The van der Waals surface area contributed by atoms with Crippen LogP contribution in [0.3, 0.4) is 0 Å². The van der Waals surface area contributed by atoms with Crippen LogP contribution >= 0.6 is 7.82 Å². The van der Waals surface area contributed by atoms with Gasteiger partial charge in [0.05, 0.1) is 13.2 Å². The molecule has 1 rings (SSSR count). The molecule has 1 saturated heterocycles. The number of phosphoric acid groups is 1. The van der Waals surface area contributed by atoms with Gasteiger partial charge in [-0.1, -0.05) is 78.1 Å². The molecule has 1 aliphatic heterocycles. The average Bonchev–Trinajstić information content (AvgIpc) is 3.04. The highest BCUT2D eigenvalue weighted by molar-refractivity contribution is 7.47. The Labute approximate surface area is 191 Å². The molecule has 0 radical (unpaired) electrons. The second-order valence-corrected chi connectivity index (χ2v) is 9.94. The van der Waals surface area contributed by atoms with Crippen molar-refractivity contribution in [2.75, 3.05) is 13.2 Å². The average molecular weight is 481 g/mol. The standard InChI is InChI=1S/C22H41O9P/c1-3-5-7-9-10-12-14-17(13-11-8-6-4-2)16-29-32(27,28)31-21-19(25)20(18(24)15-23)30-22(21)26/h17-18,20-21,23-24H,3-16H2,1-2H3,(H,27,28). The Kier molecular flexibility index (Phi) is 14.5. The maximum Gasteiger partial charge on any atom is 0.473 e. The van der Waals surface area contributed by atoms with E-state index in [1.165, 1.54) is 25.7 Å². The third kappa shape index (κ3) is 10.9. The molecule has 3 N–H and O–H groups in total. The van der Waals surface area contributed by atoms with E-state index in [9.17, 15) is 24.2 Å². The van der Waals surface area contributed by atoms with Crippen LogP contribution in [0.1, 0.15) is 90.9 Å². The Hall–Kier alpha value is -0.830. The lowest BCUT2D eigenvalue weighted by Gasteiger charge is -2.20. The molecule has 0 aromatic carbocycles. The van der Waals surface area contributed by atoms with E-state index in [1.807, 2.05) is 0 Å². The number of carbonyl (C=O) groups is 2. The highest BCUT2D eigenvalue weighted by Gasteiger charge is 2.50. The summed E-state index contributed by atoms with van der Waals surface area (Å²) in [6.45, 7) is 3.50. The number of carbonyl (C=O) groups excluding carboxylic acids is 2. The van der Waals surface area contributed by atoms with Crippen molar-refractivity contribution < 1.29 is 43.0 Å². The van der Waals surface area contributed by atoms with Crippen LogP contribution < -0.4 is 0 Å². The third-order valence-corrected chi connectivity index (χ3v) is 6.63. The summed E-state index contributed by atoms with van der Waals surface area (Å²) in [7, 11) is -4.70. The summed E-state index contributed by atoms with van der Waals surface area (Å²) >= 11 is 0. The Balaban J connectivity index is 2.56. The molecule has 10 heteroatoms. The summed E-state index contributed by atoms with van der Waals surface area (Å²) in [5.74, 6) is -2.12. The van der Waals surface area contributed by atoms with Gasteiger partial charge in [-0.25, -0.2) is 9.36 Å². The van der Waals surface area contributed by atoms with E-state index in [2.05, 4.69) is 18.6 Å². The fourth-order valence-corrected chi connectivity index (χ4v) is 4.63. The summed E-state index contributed by atoms with van der Waals surface area (Å²) in [6, 6.07) is 0. The minimum Gasteiger partial charge on any atom is -0.449 e. The van der Waals surface area contributed by atoms with Crippen molar-refractivity contribution in [1.29, 1.82) is 0 Å². The van der Waals surface area contributed by atoms with Gasteiger partial charge >= 0.3 is 13.8 Å². The SMILES string of the molecule is CCCCCCCCC(CCCCCC)COP(=O)(O)OC1C(=O)OC(C(O)CO)C1=O. The molecule has 5 atom stereocenters. The summed E-state index contributed by atoms with van der Waals surface area (Å²) in [4.78, 5) is 34.0. The van der Waals surface area contributed by atoms with Crippen molar-refractivity contribution in [2.24, 2.45) is 5.92 Å². The molecule has 0 amide bonds. The minimum absolute atomic E-state index is 0.00643. The largest absolute Gasteiger partial charge is 0.473 e. The van der Waals surface area contributed by atoms with E-state index in [0.29, 0.717) is 0 Å². The van der Waals surface area contributed by atoms with Crippen LogP contribution in [0.4, 0.5) is 0 Å². The lowest BCUT2D eigenvalue weighted by molar-refractivity contribution is -0.151. The number of rotatable bonds is 19. The zero-order valence-corrected chi connectivity index (χ0v) is 20.3. The summed E-state index contributed by atoms with van der Waals surface area (Å²) in [6.07, 6.45) is 7.80. The Bertz CT molecular complexity index is 598. The molecular formula is C22H41O9P. The molecule has 32 heavy (non-hydrogen) atoms. The number of unbranched alkanes of at least 4 members (excludes halogenated alkanes) is 8. The maximum absolute atomic E-state index is 12.4. The predicted octanol–water partition coefficient (Wildman–Crippen LogP) is 3.67. The number of phosphoric ester groups is 1. The molecule has 9 nitrogen and oxygen atoms in total. The van der Waals surface area contributed by atoms with Crippen molar-refractivity contribution in [1.82, 2.24) is 0 Å². The molecule has 0 aromatic rings. The molecule has 1 heterocycles. The van der Waals surface area contributed by atoms with Crippen molar-refractivity contribution in [2.45, 2.75) is 109 Å². The molecular weight excluding hydrogens is 439 g/mol. The number of ketones is 1. The molecule has 0 saturated carbocycles. The Morgan fingerprint density at radius 1 is 0.969 bits per heavy atom. The van der Waals surface area contributed by atoms with Crippen molar-refractivity contribution in [3.05, 3.63) is 0 Å². The number of aliphatic hydroxyl groups excluding tert-OH is 2. The second-order valence-electron chi connectivity index (χ2n) is 8.53. The van der Waals surface area contributed by atoms with Gasteiger partial charge in [0.25, 0.3) is 0 Å². The van der Waals surface area contributed by atoms with Crippen LogP contribution in [0.2, 0.25) is 0 Å². The van der Waals surface area contributed by atoms with E-state index in [-0.39, 0.29) is 12.5 Å². The van der Waals surface area contributed by atoms with E-state index in [4.69, 9.17) is 14.2 Å². The second kappa shape index (κ2) is 15.9. The quantitative estimate of drug-likeness (QED) is 0.109. The normalized spacial score (nSPS) is 22.5. The zero-order valence-electron chi connectivity index (χ0n) is 19.4. The van der Waals surface area contributed by atoms with Crippen molar-refractivity contribution in [3.8, 4) is 0 Å². The van der Waals surface area contributed by atoms with Gasteiger partial charge in [-0.15, -0.1) is 0 Å². The minimum atomic E-state index is -4.70. The smallest absolute Gasteiger partial charge is 0.449 e. The highest BCUT2D eigenvalue weighted by atomic mass is 31.2. The molecule has 188 valence electrons. The number of hydrogen-bond acceptors (Lipinski definition) is 8. The molecule has 1 fully saturated rings. The highest BCUT2D eigenvalue weighted by Crippen LogP contribution is 2.46. The lowest BCUT2D eigenvalue weighted by Crippen LogP contribution is -2.37. The molecule has 0 spiro atoms. The number of hydrogen-bond donors (Lipinski definition) is 3. The monoisotopic (exact) mass is 480 g/mol. The van der Waals surface area contributed by atoms with Crippen LogP contribution in [0.15, 0.2) is 0 Å². The van der Waals surface area contributed by atoms with Gasteiger partial charge in [0.1, 0.15) is 6.10 Å². The summed E-state index contributed by atoms with van der Waals surface area (Å²) < 4.78 is 27.0. The first kappa shape index (κ1) is 29.2. The third-order valence-electron chi connectivity index (χ3n) is 5.68. The lowest BCUT2D eigenvalue weighted by atomic mass is 9.95. The topological polar surface area (TPSA) is 140 Å². The Morgan fingerprint density at radius 2 is 1.50 bits per heavy atom. The van der Waals surface area contributed by atoms with Gasteiger partial charge in [0.15, 0.2) is 6.10 Å². The van der Waals surface area contributed by atoms with Crippen molar-refractivity contribution in [3.63, 3.8) is 0 Å². The van der Waals surface area contributed by atoms with Crippen LogP contribution in [0, 0.1) is 5.92 Å². The van der Waals surface area contributed by atoms with Crippen LogP contribution in [0.25, 0.3) is 0 Å². The number of Topliss-reactive ketones (excluding diaryl/α,β-unsaturated/α-hetero) is 1. The van der Waals surface area contributed by atoms with E-state index in [0.717, 1.165) is 51.4 Å². The molecule has 0 aliphatic carbocycles. The van der Waals surface area contributed by atoms with Crippen LogP contribution in [-0.2, 0) is 27.9 Å². The first-order valence-corrected chi connectivity index (χ1v) is 13.4. The molecule has 1 aliphatic rings. The fraction of sp³-hybridized carbons (Fsp3) is 0.909. The number of esters is 1.